The Morgan fingerprint density at radius 3 is 1.97 bits per heavy atom. The monoisotopic (exact) mass is 549 g/mol. The Kier molecular flexibility index (Phi) is 10.5. The van der Waals surface area contributed by atoms with Gasteiger partial charge in [-0.15, -0.1) is 0 Å². The lowest BCUT2D eigenvalue weighted by Gasteiger charge is -2.29. The molecule has 3 N–H and O–H groups in total. The lowest BCUT2D eigenvalue weighted by molar-refractivity contribution is -0.145. The van der Waals surface area contributed by atoms with E-state index in [0.29, 0.717) is 5.56 Å². The number of ether oxygens (including phenoxy) is 4. The van der Waals surface area contributed by atoms with Gasteiger partial charge in [0, 0.05) is 12.8 Å². The number of hydrogen-bond acceptors (Lipinski definition) is 9. The number of hydrogen-bond donors (Lipinski definition) is 2. The third-order valence-electron chi connectivity index (χ3n) is 6.35. The summed E-state index contributed by atoms with van der Waals surface area (Å²) in [6, 6.07) is 4.42. The highest BCUT2D eigenvalue weighted by Gasteiger charge is 2.38. The predicted molar refractivity (Wildman–Crippen MR) is 143 cm³/mol. The van der Waals surface area contributed by atoms with Gasteiger partial charge in [0.1, 0.15) is 17.7 Å². The van der Waals surface area contributed by atoms with Crippen molar-refractivity contribution in [1.82, 2.24) is 0 Å². The molecular formula is C29H43NO9. The maximum absolute atomic E-state index is 12.6. The summed E-state index contributed by atoms with van der Waals surface area (Å²) in [6.07, 6.45) is 2.39. The summed E-state index contributed by atoms with van der Waals surface area (Å²) in [4.78, 5) is 49.6. The molecule has 1 fully saturated rings. The molecule has 0 radical (unpaired) electrons. The first-order valence-corrected chi connectivity index (χ1v) is 13.4. The minimum atomic E-state index is -1.82. The Labute approximate surface area is 230 Å². The van der Waals surface area contributed by atoms with Crippen molar-refractivity contribution < 1.29 is 43.2 Å². The summed E-state index contributed by atoms with van der Waals surface area (Å²) < 4.78 is 21.7. The van der Waals surface area contributed by atoms with Crippen molar-refractivity contribution in [2.24, 2.45) is 16.6 Å². The zero-order chi connectivity index (χ0) is 29.6. The van der Waals surface area contributed by atoms with Crippen LogP contribution >= 0.6 is 0 Å². The van der Waals surface area contributed by atoms with Crippen molar-refractivity contribution in [3.8, 4) is 11.5 Å². The number of carbonyl (C=O) groups excluding carboxylic acids is 3. The summed E-state index contributed by atoms with van der Waals surface area (Å²) >= 11 is 0. The molecule has 2 rings (SSSR count). The molecule has 1 saturated carbocycles. The normalized spacial score (nSPS) is 16.9. The van der Waals surface area contributed by atoms with Crippen LogP contribution in [-0.4, -0.2) is 46.9 Å². The average Bonchev–Trinajstić information content (AvgIpc) is 2.79. The molecule has 1 aliphatic rings. The summed E-state index contributed by atoms with van der Waals surface area (Å²) in [7, 11) is 0. The van der Waals surface area contributed by atoms with Gasteiger partial charge in [0.05, 0.1) is 10.8 Å². The molecule has 10 nitrogen and oxygen atoms in total. The van der Waals surface area contributed by atoms with Crippen LogP contribution in [0.5, 0.6) is 11.5 Å². The molecule has 0 saturated heterocycles. The largest absolute Gasteiger partial charge is 0.508 e. The van der Waals surface area contributed by atoms with Crippen LogP contribution in [0.15, 0.2) is 18.2 Å². The van der Waals surface area contributed by atoms with Crippen molar-refractivity contribution in [3.05, 3.63) is 23.8 Å². The highest BCUT2D eigenvalue weighted by atomic mass is 16.7. The molecule has 1 aromatic rings. The zero-order valence-corrected chi connectivity index (χ0v) is 24.1. The van der Waals surface area contributed by atoms with Gasteiger partial charge in [-0.2, -0.15) is 0 Å². The van der Waals surface area contributed by atoms with Gasteiger partial charge >= 0.3 is 24.1 Å². The standard InChI is InChI=1S/C29H43NO9/c1-18(36-26(35)37-20-11-9-8-10-12-20)16-29(30,23(31)32)17-19-13-14-21(38-24(33)27(2,3)4)22(15-19)39-25(34)28(5,6)7/h13-15,18,20H,8-12,16-17,30H2,1-7H3,(H,31,32)/t18-,29?/m0/s1. The second kappa shape index (κ2) is 12.8. The molecule has 1 aromatic carbocycles. The highest BCUT2D eigenvalue weighted by molar-refractivity contribution is 5.82. The van der Waals surface area contributed by atoms with E-state index in [1.165, 1.54) is 12.1 Å². The van der Waals surface area contributed by atoms with Crippen LogP contribution < -0.4 is 15.2 Å². The second-order valence-electron chi connectivity index (χ2n) is 12.5. The fourth-order valence-corrected chi connectivity index (χ4v) is 4.00. The topological polar surface area (TPSA) is 151 Å². The SMILES string of the molecule is C[C@@H](CC(N)(Cc1ccc(OC(=O)C(C)(C)C)c(OC(=O)C(C)(C)C)c1)C(=O)O)OC(=O)OC1CCCCC1. The highest BCUT2D eigenvalue weighted by Crippen LogP contribution is 2.34. The fraction of sp³-hybridized carbons (Fsp3) is 0.655. The third-order valence-corrected chi connectivity index (χ3v) is 6.35. The summed E-state index contributed by atoms with van der Waals surface area (Å²) in [5.74, 6) is -2.40. The smallest absolute Gasteiger partial charge is 0.480 e. The van der Waals surface area contributed by atoms with Gasteiger partial charge in [0.2, 0.25) is 0 Å². The number of rotatable bonds is 9. The van der Waals surface area contributed by atoms with E-state index in [0.717, 1.165) is 32.1 Å². The van der Waals surface area contributed by atoms with Gasteiger partial charge in [-0.25, -0.2) is 4.79 Å². The van der Waals surface area contributed by atoms with E-state index < -0.39 is 46.5 Å². The van der Waals surface area contributed by atoms with Crippen LogP contribution in [0.3, 0.4) is 0 Å². The van der Waals surface area contributed by atoms with Gasteiger partial charge in [-0.05, 0) is 91.8 Å². The summed E-state index contributed by atoms with van der Waals surface area (Å²) in [6.45, 7) is 11.7. The number of esters is 2. The van der Waals surface area contributed by atoms with Gasteiger partial charge in [0.15, 0.2) is 11.5 Å². The number of carbonyl (C=O) groups is 4. The Bertz CT molecular complexity index is 1050. The van der Waals surface area contributed by atoms with E-state index >= 15 is 0 Å². The molecule has 1 unspecified atom stereocenters. The summed E-state index contributed by atoms with van der Waals surface area (Å²) in [5, 5.41) is 9.97. The van der Waals surface area contributed by atoms with Gasteiger partial charge in [0.25, 0.3) is 0 Å². The summed E-state index contributed by atoms with van der Waals surface area (Å²) in [5.41, 5.74) is 3.25. The number of carboxylic acid groups (broad SMARTS) is 1. The molecule has 0 bridgehead atoms. The van der Waals surface area contributed by atoms with Crippen molar-refractivity contribution in [3.63, 3.8) is 0 Å². The molecular weight excluding hydrogens is 506 g/mol. The minimum absolute atomic E-state index is 0.0244. The molecule has 0 spiro atoms. The average molecular weight is 550 g/mol. The maximum atomic E-state index is 12.6. The first-order valence-electron chi connectivity index (χ1n) is 13.4. The third kappa shape index (κ3) is 9.84. The lowest BCUT2D eigenvalue weighted by Crippen LogP contribution is -2.52. The van der Waals surface area contributed by atoms with Crippen molar-refractivity contribution >= 4 is 24.1 Å². The van der Waals surface area contributed by atoms with Crippen LogP contribution in [0.1, 0.15) is 92.6 Å². The van der Waals surface area contributed by atoms with Crippen molar-refractivity contribution in [2.45, 2.75) is 111 Å². The van der Waals surface area contributed by atoms with E-state index in [1.807, 2.05) is 0 Å². The van der Waals surface area contributed by atoms with E-state index in [-0.39, 0.29) is 30.4 Å². The predicted octanol–water partition coefficient (Wildman–Crippen LogP) is 5.18. The van der Waals surface area contributed by atoms with Crippen LogP contribution in [0.2, 0.25) is 0 Å². The van der Waals surface area contributed by atoms with Gasteiger partial charge in [-0.3, -0.25) is 14.4 Å². The Morgan fingerprint density at radius 2 is 1.46 bits per heavy atom. The molecule has 0 aliphatic heterocycles. The molecule has 0 amide bonds. The second-order valence-corrected chi connectivity index (χ2v) is 12.5. The number of nitrogens with two attached hydrogens (primary N) is 1. The molecule has 2 atom stereocenters. The fourth-order valence-electron chi connectivity index (χ4n) is 4.00. The maximum Gasteiger partial charge on any atom is 0.508 e. The molecule has 218 valence electrons. The van der Waals surface area contributed by atoms with E-state index in [1.54, 1.807) is 54.5 Å². The zero-order valence-electron chi connectivity index (χ0n) is 24.1. The van der Waals surface area contributed by atoms with Crippen molar-refractivity contribution in [1.29, 1.82) is 0 Å². The van der Waals surface area contributed by atoms with E-state index in [9.17, 15) is 24.3 Å². The Balaban J connectivity index is 2.22. The van der Waals surface area contributed by atoms with Gasteiger partial charge in [-0.1, -0.05) is 12.5 Å². The van der Waals surface area contributed by atoms with Crippen LogP contribution in [0.25, 0.3) is 0 Å². The first kappa shape index (κ1) is 32.1. The van der Waals surface area contributed by atoms with Crippen molar-refractivity contribution in [2.75, 3.05) is 0 Å². The Hall–Kier alpha value is -3.14. The quantitative estimate of drug-likeness (QED) is 0.311. The van der Waals surface area contributed by atoms with Crippen LogP contribution in [0, 0.1) is 10.8 Å². The van der Waals surface area contributed by atoms with E-state index in [4.69, 9.17) is 24.7 Å². The lowest BCUT2D eigenvalue weighted by atomic mass is 9.86. The number of benzene rings is 1. The number of aliphatic carboxylic acids is 1. The van der Waals surface area contributed by atoms with Crippen LogP contribution in [-0.2, 0) is 30.3 Å². The van der Waals surface area contributed by atoms with Crippen LogP contribution in [0.4, 0.5) is 4.79 Å². The minimum Gasteiger partial charge on any atom is -0.480 e. The number of carboxylic acids is 1. The molecule has 39 heavy (non-hydrogen) atoms. The molecule has 10 heteroatoms. The van der Waals surface area contributed by atoms with Gasteiger partial charge < -0.3 is 29.8 Å². The Morgan fingerprint density at radius 1 is 0.923 bits per heavy atom. The molecule has 0 heterocycles. The van der Waals surface area contributed by atoms with E-state index in [2.05, 4.69) is 0 Å². The molecule has 0 aromatic heterocycles. The molecule has 1 aliphatic carbocycles. The first-order chi connectivity index (χ1) is 17.9.